The highest BCUT2D eigenvalue weighted by molar-refractivity contribution is 7.89. The molecule has 2 aromatic rings. The van der Waals surface area contributed by atoms with Gasteiger partial charge in [-0.25, -0.2) is 8.42 Å². The number of hydrogen-bond acceptors (Lipinski definition) is 5. The van der Waals surface area contributed by atoms with Gasteiger partial charge in [0.15, 0.2) is 0 Å². The molecule has 1 fully saturated rings. The lowest BCUT2D eigenvalue weighted by molar-refractivity contribution is -0.126. The normalized spacial score (nSPS) is 16.2. The number of ether oxygens (including phenoxy) is 1. The van der Waals surface area contributed by atoms with Crippen molar-refractivity contribution in [1.29, 1.82) is 0 Å². The summed E-state index contributed by atoms with van der Waals surface area (Å²) in [7, 11) is -2.04. The Bertz CT molecular complexity index is 885. The van der Waals surface area contributed by atoms with Gasteiger partial charge in [-0.1, -0.05) is 0 Å². The second-order valence-corrected chi connectivity index (χ2v) is 8.51. The number of amides is 1. The van der Waals surface area contributed by atoms with Crippen molar-refractivity contribution in [2.24, 2.45) is 5.92 Å². The van der Waals surface area contributed by atoms with Gasteiger partial charge in [0, 0.05) is 19.0 Å². The van der Waals surface area contributed by atoms with E-state index in [0.717, 1.165) is 0 Å². The fourth-order valence-electron chi connectivity index (χ4n) is 3.27. The Balaban J connectivity index is 1.60. The summed E-state index contributed by atoms with van der Waals surface area (Å²) in [6.07, 6.45) is 2.56. The standard InChI is InChI=1S/C19H24N2O5S/c1-14-12-16(25-2)5-6-18(14)27(23,24)21-9-7-15(8-10-21)19(22)20-13-17-4-3-11-26-17/h3-6,11-12,15H,7-10,13H2,1-2H3,(H,20,22). The van der Waals surface area contributed by atoms with E-state index < -0.39 is 10.0 Å². The number of benzene rings is 1. The average Bonchev–Trinajstić information content (AvgIpc) is 3.19. The maximum Gasteiger partial charge on any atom is 0.243 e. The first-order valence-corrected chi connectivity index (χ1v) is 10.3. The number of hydrogen-bond donors (Lipinski definition) is 1. The zero-order valence-electron chi connectivity index (χ0n) is 15.5. The third-order valence-corrected chi connectivity index (χ3v) is 6.90. The molecule has 0 aliphatic carbocycles. The number of carbonyl (C=O) groups excluding carboxylic acids is 1. The minimum absolute atomic E-state index is 0.0657. The molecule has 146 valence electrons. The summed E-state index contributed by atoms with van der Waals surface area (Å²) in [5, 5.41) is 2.85. The van der Waals surface area contributed by atoms with Gasteiger partial charge < -0.3 is 14.5 Å². The van der Waals surface area contributed by atoms with E-state index in [1.165, 1.54) is 4.31 Å². The van der Waals surface area contributed by atoms with Crippen molar-refractivity contribution in [1.82, 2.24) is 9.62 Å². The first-order chi connectivity index (χ1) is 12.9. The number of methoxy groups -OCH3 is 1. The molecule has 1 saturated heterocycles. The molecule has 1 aromatic carbocycles. The minimum atomic E-state index is -3.58. The lowest BCUT2D eigenvalue weighted by Gasteiger charge is -2.31. The molecule has 0 radical (unpaired) electrons. The Morgan fingerprint density at radius 2 is 2.04 bits per heavy atom. The van der Waals surface area contributed by atoms with Gasteiger partial charge in [-0.05, 0) is 55.7 Å². The first-order valence-electron chi connectivity index (χ1n) is 8.86. The molecule has 0 atom stereocenters. The van der Waals surface area contributed by atoms with Crippen LogP contribution in [0.4, 0.5) is 0 Å². The van der Waals surface area contributed by atoms with Crippen LogP contribution < -0.4 is 10.1 Å². The second kappa shape index (κ2) is 8.14. The van der Waals surface area contributed by atoms with E-state index in [1.54, 1.807) is 50.6 Å². The van der Waals surface area contributed by atoms with Crippen molar-refractivity contribution in [2.45, 2.75) is 31.2 Å². The molecule has 0 saturated carbocycles. The highest BCUT2D eigenvalue weighted by atomic mass is 32.2. The van der Waals surface area contributed by atoms with E-state index in [9.17, 15) is 13.2 Å². The minimum Gasteiger partial charge on any atom is -0.497 e. The zero-order valence-corrected chi connectivity index (χ0v) is 16.3. The van der Waals surface area contributed by atoms with E-state index in [-0.39, 0.29) is 16.7 Å². The summed E-state index contributed by atoms with van der Waals surface area (Å²) in [4.78, 5) is 12.6. The molecule has 3 rings (SSSR count). The number of piperidine rings is 1. The van der Waals surface area contributed by atoms with Crippen LogP contribution in [0, 0.1) is 12.8 Å². The highest BCUT2D eigenvalue weighted by Crippen LogP contribution is 2.27. The summed E-state index contributed by atoms with van der Waals surface area (Å²) < 4.78 is 37.7. The van der Waals surface area contributed by atoms with Gasteiger partial charge >= 0.3 is 0 Å². The quantitative estimate of drug-likeness (QED) is 0.815. The third-order valence-electron chi connectivity index (χ3n) is 4.84. The van der Waals surface area contributed by atoms with E-state index in [1.807, 2.05) is 0 Å². The Hall–Kier alpha value is -2.32. The van der Waals surface area contributed by atoms with Crippen LogP contribution in [-0.2, 0) is 21.4 Å². The SMILES string of the molecule is COc1ccc(S(=O)(=O)N2CCC(C(=O)NCc3ccco3)CC2)c(C)c1. The number of sulfonamides is 1. The molecule has 0 spiro atoms. The number of nitrogens with one attached hydrogen (secondary N) is 1. The van der Waals surface area contributed by atoms with Gasteiger partial charge in [-0.3, -0.25) is 4.79 Å². The van der Waals surface area contributed by atoms with Crippen LogP contribution in [-0.4, -0.2) is 38.8 Å². The number of rotatable bonds is 6. The molecule has 27 heavy (non-hydrogen) atoms. The predicted molar refractivity (Wildman–Crippen MR) is 99.8 cm³/mol. The van der Waals surface area contributed by atoms with Crippen LogP contribution in [0.1, 0.15) is 24.2 Å². The van der Waals surface area contributed by atoms with E-state index >= 15 is 0 Å². The Morgan fingerprint density at radius 3 is 2.63 bits per heavy atom. The Labute approximate surface area is 159 Å². The molecule has 0 unspecified atom stereocenters. The van der Waals surface area contributed by atoms with E-state index in [2.05, 4.69) is 5.32 Å². The molecule has 1 amide bonds. The van der Waals surface area contributed by atoms with Crippen molar-refractivity contribution in [3.8, 4) is 5.75 Å². The highest BCUT2D eigenvalue weighted by Gasteiger charge is 2.32. The summed E-state index contributed by atoms with van der Waals surface area (Å²) in [6, 6.07) is 8.50. The fourth-order valence-corrected chi connectivity index (χ4v) is 4.94. The van der Waals surface area contributed by atoms with Crippen LogP contribution in [0.2, 0.25) is 0 Å². The van der Waals surface area contributed by atoms with Crippen LogP contribution in [0.25, 0.3) is 0 Å². The van der Waals surface area contributed by atoms with Gasteiger partial charge in [-0.15, -0.1) is 0 Å². The number of carbonyl (C=O) groups is 1. The topological polar surface area (TPSA) is 88.9 Å². The van der Waals surface area contributed by atoms with Gasteiger partial charge in [-0.2, -0.15) is 4.31 Å². The maximum atomic E-state index is 12.9. The van der Waals surface area contributed by atoms with Crippen molar-refractivity contribution >= 4 is 15.9 Å². The molecule has 1 aliphatic rings. The predicted octanol–water partition coefficient (Wildman–Crippen LogP) is 2.31. The monoisotopic (exact) mass is 392 g/mol. The van der Waals surface area contributed by atoms with Crippen molar-refractivity contribution in [3.63, 3.8) is 0 Å². The smallest absolute Gasteiger partial charge is 0.243 e. The molecule has 2 heterocycles. The molecular formula is C19H24N2O5S. The largest absolute Gasteiger partial charge is 0.497 e. The fraction of sp³-hybridized carbons (Fsp3) is 0.421. The van der Waals surface area contributed by atoms with Crippen LogP contribution in [0.5, 0.6) is 5.75 Å². The summed E-state index contributed by atoms with van der Waals surface area (Å²) in [6.45, 7) is 2.75. The average molecular weight is 392 g/mol. The number of nitrogens with zero attached hydrogens (tertiary/aromatic N) is 1. The number of furan rings is 1. The molecule has 8 heteroatoms. The summed E-state index contributed by atoms with van der Waals surface area (Å²) >= 11 is 0. The van der Waals surface area contributed by atoms with Crippen molar-refractivity contribution in [3.05, 3.63) is 47.9 Å². The second-order valence-electron chi connectivity index (χ2n) is 6.61. The lowest BCUT2D eigenvalue weighted by atomic mass is 9.97. The van der Waals surface area contributed by atoms with E-state index in [4.69, 9.17) is 9.15 Å². The third kappa shape index (κ3) is 4.33. The van der Waals surface area contributed by atoms with Crippen LogP contribution in [0.15, 0.2) is 45.9 Å². The van der Waals surface area contributed by atoms with Gasteiger partial charge in [0.1, 0.15) is 11.5 Å². The lowest BCUT2D eigenvalue weighted by Crippen LogP contribution is -2.43. The van der Waals surface area contributed by atoms with Crippen LogP contribution >= 0.6 is 0 Å². The van der Waals surface area contributed by atoms with Crippen molar-refractivity contribution in [2.75, 3.05) is 20.2 Å². The molecule has 7 nitrogen and oxygen atoms in total. The van der Waals surface area contributed by atoms with Crippen molar-refractivity contribution < 1.29 is 22.4 Å². The number of aryl methyl sites for hydroxylation is 1. The van der Waals surface area contributed by atoms with Gasteiger partial charge in [0.2, 0.25) is 15.9 Å². The maximum absolute atomic E-state index is 12.9. The van der Waals surface area contributed by atoms with Gasteiger partial charge in [0.05, 0.1) is 24.8 Å². The van der Waals surface area contributed by atoms with Gasteiger partial charge in [0.25, 0.3) is 0 Å². The summed E-state index contributed by atoms with van der Waals surface area (Å²) in [5.74, 6) is 1.06. The van der Waals surface area contributed by atoms with E-state index in [0.29, 0.717) is 49.5 Å². The first kappa shape index (κ1) is 19.4. The molecule has 1 aliphatic heterocycles. The summed E-state index contributed by atoms with van der Waals surface area (Å²) in [5.41, 5.74) is 0.646. The zero-order chi connectivity index (χ0) is 19.4. The Morgan fingerprint density at radius 1 is 1.30 bits per heavy atom. The van der Waals surface area contributed by atoms with Crippen LogP contribution in [0.3, 0.4) is 0 Å². The molecule has 1 N–H and O–H groups in total. The molecule has 1 aromatic heterocycles. The molecule has 0 bridgehead atoms. The Kier molecular flexibility index (Phi) is 5.86. The molecular weight excluding hydrogens is 368 g/mol.